The van der Waals surface area contributed by atoms with Gasteiger partial charge in [-0.3, -0.25) is 23.5 Å². The number of anilines is 2. The Labute approximate surface area is 221 Å². The Kier molecular flexibility index (Phi) is 9.90. The van der Waals surface area contributed by atoms with Crippen molar-refractivity contribution in [2.45, 2.75) is 52.4 Å². The van der Waals surface area contributed by atoms with Gasteiger partial charge in [0.15, 0.2) is 0 Å². The zero-order valence-corrected chi connectivity index (χ0v) is 22.6. The first-order valence-electron chi connectivity index (χ1n) is 11.2. The fourth-order valence-corrected chi connectivity index (χ4v) is 4.40. The van der Waals surface area contributed by atoms with Gasteiger partial charge in [-0.1, -0.05) is 29.3 Å². The first kappa shape index (κ1) is 30.3. The zero-order chi connectivity index (χ0) is 28.1. The Morgan fingerprint density at radius 1 is 1.03 bits per heavy atom. The molecule has 202 valence electrons. The van der Waals surface area contributed by atoms with Crippen molar-refractivity contribution in [3.05, 3.63) is 58.6 Å². The Morgan fingerprint density at radius 2 is 1.62 bits per heavy atom. The topological polar surface area (TPSA) is 95.6 Å². The highest BCUT2D eigenvalue weighted by atomic mass is 35.5. The Bertz CT molecular complexity index is 1180. The summed E-state index contributed by atoms with van der Waals surface area (Å²) in [5, 5.41) is 4.67. The van der Waals surface area contributed by atoms with Crippen molar-refractivity contribution in [2.24, 2.45) is 0 Å². The molecule has 0 aromatic heterocycles. The van der Waals surface area contributed by atoms with Crippen LogP contribution in [0.5, 0.6) is 0 Å². The summed E-state index contributed by atoms with van der Waals surface area (Å²) in [6, 6.07) is 8.43. The molecule has 0 fully saturated rings. The van der Waals surface area contributed by atoms with E-state index >= 15 is 0 Å². The van der Waals surface area contributed by atoms with Gasteiger partial charge in [0.05, 0.1) is 10.6 Å². The third-order valence-corrected chi connectivity index (χ3v) is 6.46. The predicted octanol–water partition coefficient (Wildman–Crippen LogP) is 4.69. The summed E-state index contributed by atoms with van der Waals surface area (Å²) in [6.07, 6.45) is -4.81. The number of amides is 3. The van der Waals surface area contributed by atoms with E-state index in [2.05, 4.69) is 10.6 Å². The molecular formula is C25H29ClF3N3O4S. The number of carbonyl (C=O) groups is 3. The summed E-state index contributed by atoms with van der Waals surface area (Å²) in [5.41, 5.74) is -0.666. The standard InChI is InChI=1S/C25H29ClF3N3O4S/c1-15-6-8-17(9-7-15)30-21(33)13-37(36)14-22(34)32(16(2)23(35)31-24(3,4)5)18-10-11-20(26)19(12-18)25(27,28)29/h6-12,16H,13-14H2,1-5H3,(H,30,33)(H,31,35). The molecule has 0 aliphatic rings. The maximum absolute atomic E-state index is 13.5. The van der Waals surface area contributed by atoms with Gasteiger partial charge in [0, 0.05) is 27.7 Å². The highest BCUT2D eigenvalue weighted by Gasteiger charge is 2.36. The van der Waals surface area contributed by atoms with E-state index < -0.39 is 68.4 Å². The van der Waals surface area contributed by atoms with E-state index in [4.69, 9.17) is 11.6 Å². The normalized spacial score (nSPS) is 13.4. The molecule has 2 unspecified atom stereocenters. The fourth-order valence-electron chi connectivity index (χ4n) is 3.29. The number of halogens is 4. The summed E-state index contributed by atoms with van der Waals surface area (Å²) >= 11 is 5.72. The fraction of sp³-hybridized carbons (Fsp3) is 0.400. The summed E-state index contributed by atoms with van der Waals surface area (Å²) in [4.78, 5) is 39.1. The van der Waals surface area contributed by atoms with Gasteiger partial charge in [-0.05, 0) is 65.0 Å². The largest absolute Gasteiger partial charge is 0.417 e. The number of aryl methyl sites for hydroxylation is 1. The van der Waals surface area contributed by atoms with Crippen molar-refractivity contribution in [2.75, 3.05) is 21.7 Å². The quantitative estimate of drug-likeness (QED) is 0.490. The van der Waals surface area contributed by atoms with Gasteiger partial charge in [-0.15, -0.1) is 0 Å². The van der Waals surface area contributed by atoms with Crippen molar-refractivity contribution in [3.8, 4) is 0 Å². The molecule has 2 atom stereocenters. The maximum Gasteiger partial charge on any atom is 0.417 e. The van der Waals surface area contributed by atoms with E-state index in [9.17, 15) is 31.8 Å². The first-order chi connectivity index (χ1) is 17.0. The zero-order valence-electron chi connectivity index (χ0n) is 21.0. The van der Waals surface area contributed by atoms with E-state index in [-0.39, 0.29) is 5.69 Å². The van der Waals surface area contributed by atoms with Gasteiger partial charge in [-0.2, -0.15) is 13.2 Å². The van der Waals surface area contributed by atoms with Crippen LogP contribution >= 0.6 is 11.6 Å². The highest BCUT2D eigenvalue weighted by molar-refractivity contribution is 7.86. The molecule has 0 heterocycles. The Hall–Kier alpha value is -2.92. The summed E-state index contributed by atoms with van der Waals surface area (Å²) in [5.74, 6) is -3.35. The molecule has 37 heavy (non-hydrogen) atoms. The minimum Gasteiger partial charge on any atom is -0.350 e. The molecule has 2 rings (SSSR count). The van der Waals surface area contributed by atoms with Gasteiger partial charge in [0.25, 0.3) is 0 Å². The molecule has 3 amide bonds. The predicted molar refractivity (Wildman–Crippen MR) is 139 cm³/mol. The van der Waals surface area contributed by atoms with Gasteiger partial charge in [0.2, 0.25) is 17.7 Å². The lowest BCUT2D eigenvalue weighted by Crippen LogP contribution is -2.53. The molecule has 0 aliphatic carbocycles. The second-order valence-electron chi connectivity index (χ2n) is 9.48. The van der Waals surface area contributed by atoms with E-state index in [0.29, 0.717) is 11.8 Å². The van der Waals surface area contributed by atoms with Crippen LogP contribution in [-0.4, -0.2) is 45.0 Å². The van der Waals surface area contributed by atoms with Gasteiger partial charge >= 0.3 is 6.18 Å². The third-order valence-electron chi connectivity index (χ3n) is 4.98. The van der Waals surface area contributed by atoms with Crippen molar-refractivity contribution < 1.29 is 31.8 Å². The first-order valence-corrected chi connectivity index (χ1v) is 13.1. The number of benzene rings is 2. The highest BCUT2D eigenvalue weighted by Crippen LogP contribution is 2.37. The number of hydrogen-bond donors (Lipinski definition) is 2. The molecule has 0 radical (unpaired) electrons. The van der Waals surface area contributed by atoms with Crippen LogP contribution in [0.1, 0.15) is 38.8 Å². The Balaban J connectivity index is 2.29. The van der Waals surface area contributed by atoms with Crippen molar-refractivity contribution in [3.63, 3.8) is 0 Å². The second kappa shape index (κ2) is 12.1. The minimum absolute atomic E-state index is 0.251. The van der Waals surface area contributed by atoms with E-state index in [0.717, 1.165) is 16.5 Å². The summed E-state index contributed by atoms with van der Waals surface area (Å²) < 4.78 is 53.1. The van der Waals surface area contributed by atoms with Gasteiger partial charge < -0.3 is 10.6 Å². The third kappa shape index (κ3) is 9.15. The molecule has 0 saturated heterocycles. The van der Waals surface area contributed by atoms with Crippen LogP contribution in [0, 0.1) is 6.92 Å². The SMILES string of the molecule is Cc1ccc(NC(=O)CS(=O)CC(=O)N(c2ccc(Cl)c(C(F)(F)F)c2)C(C)C(=O)NC(C)(C)C)cc1. The molecule has 2 aromatic rings. The van der Waals surface area contributed by atoms with E-state index in [1.807, 2.05) is 6.92 Å². The molecule has 2 N–H and O–H groups in total. The number of rotatable bonds is 8. The van der Waals surface area contributed by atoms with Crippen LogP contribution < -0.4 is 15.5 Å². The van der Waals surface area contributed by atoms with Crippen molar-refractivity contribution in [1.29, 1.82) is 0 Å². The average Bonchev–Trinajstić information content (AvgIpc) is 2.74. The van der Waals surface area contributed by atoms with E-state index in [1.165, 1.54) is 13.0 Å². The van der Waals surface area contributed by atoms with E-state index in [1.54, 1.807) is 45.0 Å². The smallest absolute Gasteiger partial charge is 0.350 e. The molecular weight excluding hydrogens is 531 g/mol. The maximum atomic E-state index is 13.5. The number of hydrogen-bond acceptors (Lipinski definition) is 4. The van der Waals surface area contributed by atoms with Crippen LogP contribution in [0.25, 0.3) is 0 Å². The number of alkyl halides is 3. The lowest BCUT2D eigenvalue weighted by molar-refractivity contribution is -0.137. The van der Waals surface area contributed by atoms with Crippen LogP contribution in [0.3, 0.4) is 0 Å². The molecule has 12 heteroatoms. The monoisotopic (exact) mass is 559 g/mol. The van der Waals surface area contributed by atoms with Crippen LogP contribution in [-0.2, 0) is 31.4 Å². The van der Waals surface area contributed by atoms with Gasteiger partial charge in [-0.25, -0.2) is 0 Å². The number of carbonyl (C=O) groups excluding carboxylic acids is 3. The molecule has 0 aliphatic heterocycles. The minimum atomic E-state index is -4.81. The molecule has 0 saturated carbocycles. The van der Waals surface area contributed by atoms with Crippen LogP contribution in [0.2, 0.25) is 5.02 Å². The average molecular weight is 560 g/mol. The number of nitrogens with one attached hydrogen (secondary N) is 2. The van der Waals surface area contributed by atoms with Crippen molar-refractivity contribution in [1.82, 2.24) is 5.32 Å². The van der Waals surface area contributed by atoms with Gasteiger partial charge in [0.1, 0.15) is 17.5 Å². The molecule has 0 spiro atoms. The molecule has 7 nitrogen and oxygen atoms in total. The Morgan fingerprint density at radius 3 is 2.16 bits per heavy atom. The lowest BCUT2D eigenvalue weighted by atomic mass is 10.1. The van der Waals surface area contributed by atoms with Crippen LogP contribution in [0.15, 0.2) is 42.5 Å². The molecule has 2 aromatic carbocycles. The summed E-state index contributed by atoms with van der Waals surface area (Å²) in [7, 11) is -2.01. The summed E-state index contributed by atoms with van der Waals surface area (Å²) in [6.45, 7) is 8.33. The van der Waals surface area contributed by atoms with Crippen LogP contribution in [0.4, 0.5) is 24.5 Å². The lowest BCUT2D eigenvalue weighted by Gasteiger charge is -2.31. The second-order valence-corrected chi connectivity index (χ2v) is 11.3. The molecule has 0 bridgehead atoms. The number of nitrogens with zero attached hydrogens (tertiary/aromatic N) is 1. The van der Waals surface area contributed by atoms with Crippen molar-refractivity contribution >= 4 is 51.5 Å².